The number of anilines is 1. The third-order valence-electron chi connectivity index (χ3n) is 6.68. The average Bonchev–Trinajstić information content (AvgIpc) is 2.86. The molecule has 0 bridgehead atoms. The Kier molecular flexibility index (Phi) is 11.0. The molecular formula is C28H41N3O5S. The largest absolute Gasteiger partial charge is 0.497 e. The van der Waals surface area contributed by atoms with Crippen molar-refractivity contribution in [3.05, 3.63) is 59.2 Å². The second kappa shape index (κ2) is 13.5. The molecule has 2 aromatic rings. The summed E-state index contributed by atoms with van der Waals surface area (Å²) in [7, 11) is -1.96. The lowest BCUT2D eigenvalue weighted by Gasteiger charge is -2.30. The third-order valence-corrected chi connectivity index (χ3v) is 7.86. The van der Waals surface area contributed by atoms with E-state index >= 15 is 0 Å². The van der Waals surface area contributed by atoms with Gasteiger partial charge in [0.25, 0.3) is 0 Å². The molecule has 0 unspecified atom stereocenters. The molecule has 9 heteroatoms. The van der Waals surface area contributed by atoms with E-state index in [9.17, 15) is 18.0 Å². The minimum Gasteiger partial charge on any atom is -0.497 e. The van der Waals surface area contributed by atoms with E-state index in [1.807, 2.05) is 64.1 Å². The van der Waals surface area contributed by atoms with Crippen LogP contribution in [-0.2, 0) is 26.2 Å². The molecule has 1 N–H and O–H groups in total. The van der Waals surface area contributed by atoms with Gasteiger partial charge in [-0.05, 0) is 75.4 Å². The highest BCUT2D eigenvalue weighted by Crippen LogP contribution is 2.25. The van der Waals surface area contributed by atoms with Crippen LogP contribution in [0.4, 0.5) is 5.69 Å². The second-order valence-corrected chi connectivity index (χ2v) is 11.4. The Bertz CT molecular complexity index is 1160. The maximum atomic E-state index is 13.4. The molecule has 0 aromatic heterocycles. The Balaban J connectivity index is 2.21. The highest BCUT2D eigenvalue weighted by molar-refractivity contribution is 7.92. The van der Waals surface area contributed by atoms with Crippen molar-refractivity contribution in [2.45, 2.75) is 72.5 Å². The van der Waals surface area contributed by atoms with Crippen LogP contribution in [0.25, 0.3) is 0 Å². The predicted molar refractivity (Wildman–Crippen MR) is 148 cm³/mol. The van der Waals surface area contributed by atoms with Crippen molar-refractivity contribution in [2.24, 2.45) is 0 Å². The number of nitrogens with zero attached hydrogens (tertiary/aromatic N) is 2. The number of methoxy groups -OCH3 is 1. The van der Waals surface area contributed by atoms with Gasteiger partial charge in [0.1, 0.15) is 11.8 Å². The van der Waals surface area contributed by atoms with Crippen LogP contribution in [0.2, 0.25) is 0 Å². The van der Waals surface area contributed by atoms with E-state index in [-0.39, 0.29) is 37.4 Å². The summed E-state index contributed by atoms with van der Waals surface area (Å²) in [5, 5.41) is 2.96. The zero-order valence-electron chi connectivity index (χ0n) is 23.1. The van der Waals surface area contributed by atoms with Gasteiger partial charge in [-0.1, -0.05) is 31.2 Å². The highest BCUT2D eigenvalue weighted by atomic mass is 32.2. The van der Waals surface area contributed by atoms with Gasteiger partial charge in [0.05, 0.1) is 19.1 Å². The summed E-state index contributed by atoms with van der Waals surface area (Å²) in [6.45, 7) is 9.88. The van der Waals surface area contributed by atoms with E-state index in [4.69, 9.17) is 4.74 Å². The van der Waals surface area contributed by atoms with Crippen molar-refractivity contribution in [2.75, 3.05) is 24.2 Å². The van der Waals surface area contributed by atoms with Gasteiger partial charge >= 0.3 is 0 Å². The Morgan fingerprint density at radius 3 is 2.27 bits per heavy atom. The van der Waals surface area contributed by atoms with Crippen LogP contribution in [0, 0.1) is 13.8 Å². The summed E-state index contributed by atoms with van der Waals surface area (Å²) in [4.78, 5) is 27.9. The fourth-order valence-electron chi connectivity index (χ4n) is 3.96. The molecule has 0 saturated heterocycles. The lowest BCUT2D eigenvalue weighted by atomic mass is 10.1. The minimum absolute atomic E-state index is 0.00576. The first-order valence-corrected chi connectivity index (χ1v) is 14.5. The third kappa shape index (κ3) is 8.49. The molecule has 0 radical (unpaired) electrons. The van der Waals surface area contributed by atoms with Gasteiger partial charge in [-0.15, -0.1) is 0 Å². The van der Waals surface area contributed by atoms with Crippen LogP contribution in [-0.4, -0.2) is 57.1 Å². The molecule has 0 spiro atoms. The first-order valence-electron chi connectivity index (χ1n) is 12.7. The van der Waals surface area contributed by atoms with Gasteiger partial charge in [0.15, 0.2) is 0 Å². The number of nitrogens with one attached hydrogen (secondary N) is 1. The van der Waals surface area contributed by atoms with E-state index in [2.05, 4.69) is 5.32 Å². The molecule has 0 fully saturated rings. The van der Waals surface area contributed by atoms with E-state index in [1.165, 1.54) is 10.6 Å². The Morgan fingerprint density at radius 1 is 1.05 bits per heavy atom. The van der Waals surface area contributed by atoms with E-state index in [1.54, 1.807) is 25.0 Å². The summed E-state index contributed by atoms with van der Waals surface area (Å²) in [5.74, 6) is 0.276. The molecule has 2 aromatic carbocycles. The van der Waals surface area contributed by atoms with Gasteiger partial charge in [0.2, 0.25) is 21.8 Å². The van der Waals surface area contributed by atoms with Crippen LogP contribution >= 0.6 is 0 Å². The predicted octanol–water partition coefficient (Wildman–Crippen LogP) is 4.19. The maximum absolute atomic E-state index is 13.4. The average molecular weight is 532 g/mol. The van der Waals surface area contributed by atoms with Crippen LogP contribution in [0.3, 0.4) is 0 Å². The standard InChI is InChI=1S/C28H41N3O5S/c1-8-21(3)29-28(33)23(5)30(19-24-14-16-25(36-6)17-15-24)27(32)13-10-18-31(37(7,34)35)26-12-9-11-20(2)22(26)4/h9,11-12,14-17,21,23H,8,10,13,18-19H2,1-7H3,(H,29,33)/t21-,23-/m0/s1. The van der Waals surface area contributed by atoms with Gasteiger partial charge in [-0.3, -0.25) is 13.9 Å². The molecule has 0 aliphatic heterocycles. The van der Waals surface area contributed by atoms with E-state index in [0.717, 1.165) is 23.1 Å². The second-order valence-electron chi connectivity index (χ2n) is 9.52. The number of sulfonamides is 1. The Morgan fingerprint density at radius 2 is 1.70 bits per heavy atom. The van der Waals surface area contributed by atoms with E-state index < -0.39 is 16.1 Å². The number of amides is 2. The first kappa shape index (κ1) is 30.2. The van der Waals surface area contributed by atoms with Crippen LogP contribution in [0.5, 0.6) is 5.75 Å². The SMILES string of the molecule is CC[C@H](C)NC(=O)[C@H](C)N(Cc1ccc(OC)cc1)C(=O)CCCN(c1cccc(C)c1C)S(C)(=O)=O. The quantitative estimate of drug-likeness (QED) is 0.418. The summed E-state index contributed by atoms with van der Waals surface area (Å²) in [6, 6.07) is 12.2. The van der Waals surface area contributed by atoms with Crippen molar-refractivity contribution in [1.29, 1.82) is 0 Å². The normalized spacial score (nSPS) is 12.9. The fraction of sp³-hybridized carbons (Fsp3) is 0.500. The first-order chi connectivity index (χ1) is 17.4. The Hall–Kier alpha value is -3.07. The molecule has 8 nitrogen and oxygen atoms in total. The number of carbonyl (C=O) groups excluding carboxylic acids is 2. The Labute approximate surface area is 222 Å². The van der Waals surface area contributed by atoms with Gasteiger partial charge in [-0.25, -0.2) is 8.42 Å². The summed E-state index contributed by atoms with van der Waals surface area (Å²) >= 11 is 0. The minimum atomic E-state index is -3.54. The van der Waals surface area contributed by atoms with Crippen LogP contribution in [0.15, 0.2) is 42.5 Å². The molecule has 0 heterocycles. The number of carbonyl (C=O) groups is 2. The number of hydrogen-bond acceptors (Lipinski definition) is 5. The lowest BCUT2D eigenvalue weighted by Crippen LogP contribution is -2.49. The monoisotopic (exact) mass is 531 g/mol. The molecular weight excluding hydrogens is 490 g/mol. The van der Waals surface area contributed by atoms with Crippen LogP contribution < -0.4 is 14.4 Å². The molecule has 2 atom stereocenters. The van der Waals surface area contributed by atoms with Gasteiger partial charge in [-0.2, -0.15) is 0 Å². The molecule has 2 rings (SSSR count). The summed E-state index contributed by atoms with van der Waals surface area (Å²) < 4.78 is 31.8. The van der Waals surface area contributed by atoms with E-state index in [0.29, 0.717) is 17.9 Å². The number of hydrogen-bond donors (Lipinski definition) is 1. The number of ether oxygens (including phenoxy) is 1. The summed E-state index contributed by atoms with van der Waals surface area (Å²) in [5.41, 5.74) is 3.36. The van der Waals surface area contributed by atoms with Gasteiger partial charge in [0, 0.05) is 25.6 Å². The molecule has 0 saturated carbocycles. The van der Waals surface area contributed by atoms with Crippen molar-refractivity contribution in [3.8, 4) is 5.75 Å². The number of benzene rings is 2. The van der Waals surface area contributed by atoms with Gasteiger partial charge < -0.3 is 15.0 Å². The van der Waals surface area contributed by atoms with Crippen molar-refractivity contribution < 1.29 is 22.7 Å². The number of rotatable bonds is 13. The van der Waals surface area contributed by atoms with Crippen molar-refractivity contribution in [3.63, 3.8) is 0 Å². The molecule has 0 aliphatic rings. The lowest BCUT2D eigenvalue weighted by molar-refractivity contribution is -0.140. The zero-order chi connectivity index (χ0) is 27.8. The smallest absolute Gasteiger partial charge is 0.242 e. The molecule has 204 valence electrons. The zero-order valence-corrected chi connectivity index (χ0v) is 23.9. The highest BCUT2D eigenvalue weighted by Gasteiger charge is 2.27. The number of aryl methyl sites for hydroxylation is 1. The van der Waals surface area contributed by atoms with Crippen molar-refractivity contribution in [1.82, 2.24) is 10.2 Å². The molecule has 0 aliphatic carbocycles. The maximum Gasteiger partial charge on any atom is 0.242 e. The van der Waals surface area contributed by atoms with Crippen LogP contribution in [0.1, 0.15) is 56.7 Å². The summed E-state index contributed by atoms with van der Waals surface area (Å²) in [6.07, 6.45) is 2.38. The topological polar surface area (TPSA) is 96.0 Å². The molecule has 2 amide bonds. The van der Waals surface area contributed by atoms with Crippen molar-refractivity contribution >= 4 is 27.5 Å². The fourth-order valence-corrected chi connectivity index (χ4v) is 4.98. The molecule has 37 heavy (non-hydrogen) atoms.